The Kier molecular flexibility index (Phi) is 11.4. The molecule has 1 heterocycles. The highest BCUT2D eigenvalue weighted by atomic mass is 19.2. The lowest BCUT2D eigenvalue weighted by Crippen LogP contribution is -2.26. The van der Waals surface area contributed by atoms with Gasteiger partial charge in [0, 0.05) is 11.5 Å². The second kappa shape index (κ2) is 15.0. The monoisotopic (exact) mass is 528 g/mol. The molecule has 0 aromatic heterocycles. The fourth-order valence-electron chi connectivity index (χ4n) is 5.93. The van der Waals surface area contributed by atoms with Crippen LogP contribution in [0.1, 0.15) is 126 Å². The van der Waals surface area contributed by atoms with Crippen molar-refractivity contribution in [1.82, 2.24) is 0 Å². The Morgan fingerprint density at radius 3 is 2.00 bits per heavy atom. The van der Waals surface area contributed by atoms with E-state index in [9.17, 15) is 8.78 Å². The van der Waals surface area contributed by atoms with Crippen molar-refractivity contribution in [1.29, 1.82) is 0 Å². The molecule has 1 saturated heterocycles. The van der Waals surface area contributed by atoms with Crippen molar-refractivity contribution in [2.24, 2.45) is 5.92 Å². The number of rotatable bonds is 13. The van der Waals surface area contributed by atoms with Crippen molar-refractivity contribution in [3.8, 4) is 5.75 Å². The molecule has 2 aliphatic rings. The van der Waals surface area contributed by atoms with Gasteiger partial charge in [0.2, 0.25) is 5.82 Å². The topological polar surface area (TPSA) is 27.7 Å². The Morgan fingerprint density at radius 2 is 1.34 bits per heavy atom. The van der Waals surface area contributed by atoms with Crippen molar-refractivity contribution in [3.05, 3.63) is 64.7 Å². The van der Waals surface area contributed by atoms with Crippen LogP contribution in [-0.2, 0) is 9.47 Å². The Bertz CT molecular complexity index is 961. The Hall–Kier alpha value is -1.98. The summed E-state index contributed by atoms with van der Waals surface area (Å²) in [4.78, 5) is 0. The molecule has 2 aromatic rings. The number of benzene rings is 2. The first-order valence-corrected chi connectivity index (χ1v) is 15.0. The predicted molar refractivity (Wildman–Crippen MR) is 149 cm³/mol. The summed E-state index contributed by atoms with van der Waals surface area (Å²) < 4.78 is 46.5. The molecule has 3 nitrogen and oxygen atoms in total. The molecule has 1 aliphatic carbocycles. The van der Waals surface area contributed by atoms with Crippen molar-refractivity contribution in [2.75, 3.05) is 19.8 Å². The van der Waals surface area contributed by atoms with Crippen molar-refractivity contribution in [3.63, 3.8) is 0 Å². The van der Waals surface area contributed by atoms with Gasteiger partial charge >= 0.3 is 0 Å². The van der Waals surface area contributed by atoms with Crippen LogP contribution in [0.2, 0.25) is 0 Å². The zero-order valence-corrected chi connectivity index (χ0v) is 23.4. The van der Waals surface area contributed by atoms with Crippen LogP contribution in [0, 0.1) is 17.6 Å². The first kappa shape index (κ1) is 29.0. The van der Waals surface area contributed by atoms with Gasteiger partial charge in [0.25, 0.3) is 0 Å². The van der Waals surface area contributed by atoms with Crippen molar-refractivity contribution in [2.45, 2.75) is 109 Å². The van der Waals surface area contributed by atoms with E-state index in [0.717, 1.165) is 25.2 Å². The average Bonchev–Trinajstić information content (AvgIpc) is 2.96. The number of halogens is 2. The summed E-state index contributed by atoms with van der Waals surface area (Å²) >= 11 is 0. The molecule has 0 atom stereocenters. The lowest BCUT2D eigenvalue weighted by molar-refractivity contribution is -0.193. The van der Waals surface area contributed by atoms with Crippen molar-refractivity contribution < 1.29 is 23.0 Å². The van der Waals surface area contributed by atoms with Crippen LogP contribution in [0.4, 0.5) is 8.78 Å². The highest BCUT2D eigenvalue weighted by Crippen LogP contribution is 2.39. The maximum atomic E-state index is 14.8. The zero-order chi connectivity index (χ0) is 26.7. The molecule has 0 unspecified atom stereocenters. The molecule has 2 aromatic carbocycles. The highest BCUT2D eigenvalue weighted by Gasteiger charge is 2.29. The molecule has 2 fully saturated rings. The summed E-state index contributed by atoms with van der Waals surface area (Å²) in [7, 11) is 0. The van der Waals surface area contributed by atoms with Gasteiger partial charge in [0.15, 0.2) is 17.9 Å². The van der Waals surface area contributed by atoms with Crippen LogP contribution in [0.5, 0.6) is 5.75 Å². The molecule has 0 bridgehead atoms. The number of hydrogen-bond acceptors (Lipinski definition) is 3. The van der Waals surface area contributed by atoms with Gasteiger partial charge in [-0.2, -0.15) is 4.39 Å². The zero-order valence-electron chi connectivity index (χ0n) is 23.4. The van der Waals surface area contributed by atoms with Gasteiger partial charge in [-0.25, -0.2) is 4.39 Å². The minimum atomic E-state index is -0.977. The SMILES string of the molecule is CCCCCCC1CCC(c2ccc(C3COC(c4ccc(OCCCCC)c(F)c4F)OC3)cc2)CC1. The summed E-state index contributed by atoms with van der Waals surface area (Å²) in [6.07, 6.45) is 14.1. The average molecular weight is 529 g/mol. The molecule has 1 saturated carbocycles. The number of ether oxygens (including phenoxy) is 3. The minimum Gasteiger partial charge on any atom is -0.490 e. The molecule has 0 spiro atoms. The predicted octanol–water partition coefficient (Wildman–Crippen LogP) is 9.61. The number of unbranched alkanes of at least 4 members (excludes halogenated alkanes) is 5. The highest BCUT2D eigenvalue weighted by molar-refractivity contribution is 5.32. The van der Waals surface area contributed by atoms with Crippen molar-refractivity contribution >= 4 is 0 Å². The second-order valence-electron chi connectivity index (χ2n) is 11.3. The molecule has 5 heteroatoms. The number of hydrogen-bond donors (Lipinski definition) is 0. The Labute approximate surface area is 228 Å². The molecular formula is C33H46F2O3. The molecule has 0 radical (unpaired) electrons. The lowest BCUT2D eigenvalue weighted by Gasteiger charge is -2.31. The summed E-state index contributed by atoms with van der Waals surface area (Å²) in [5.74, 6) is -0.337. The molecule has 0 N–H and O–H groups in total. The van der Waals surface area contributed by atoms with E-state index in [0.29, 0.717) is 25.7 Å². The van der Waals surface area contributed by atoms with E-state index in [-0.39, 0.29) is 17.2 Å². The molecule has 1 aliphatic heterocycles. The third-order valence-corrected chi connectivity index (χ3v) is 8.43. The van der Waals surface area contributed by atoms with Gasteiger partial charge < -0.3 is 14.2 Å². The fraction of sp³-hybridized carbons (Fsp3) is 0.636. The summed E-state index contributed by atoms with van der Waals surface area (Å²) in [5.41, 5.74) is 2.68. The standard InChI is InChI=1S/C33H46F2O3/c1-3-5-7-8-10-24-11-13-25(14-12-24)26-15-17-27(18-16-26)28-22-37-33(38-23-28)29-19-20-30(32(35)31(29)34)36-21-9-6-4-2/h15-20,24-25,28,33H,3-14,21-23H2,1-2H3. The van der Waals surface area contributed by atoms with Gasteiger partial charge in [0.1, 0.15) is 0 Å². The third kappa shape index (κ3) is 7.79. The summed E-state index contributed by atoms with van der Waals surface area (Å²) in [6.45, 7) is 5.55. The maximum absolute atomic E-state index is 14.8. The first-order chi connectivity index (χ1) is 18.6. The van der Waals surface area contributed by atoms with Crippen LogP contribution in [0.25, 0.3) is 0 Å². The summed E-state index contributed by atoms with van der Waals surface area (Å²) in [6, 6.07) is 11.9. The fourth-order valence-corrected chi connectivity index (χ4v) is 5.93. The largest absolute Gasteiger partial charge is 0.490 e. The van der Waals surface area contributed by atoms with Crippen LogP contribution in [0.3, 0.4) is 0 Å². The van der Waals surface area contributed by atoms with E-state index >= 15 is 0 Å². The molecule has 38 heavy (non-hydrogen) atoms. The van der Waals surface area contributed by atoms with E-state index in [1.165, 1.54) is 81.0 Å². The smallest absolute Gasteiger partial charge is 0.201 e. The van der Waals surface area contributed by atoms with Gasteiger partial charge in [-0.15, -0.1) is 0 Å². The molecule has 4 rings (SSSR count). The van der Waals surface area contributed by atoms with Gasteiger partial charge in [-0.1, -0.05) is 83.1 Å². The normalized spacial score (nSPS) is 23.9. The molecule has 210 valence electrons. The van der Waals surface area contributed by atoms with E-state index in [4.69, 9.17) is 14.2 Å². The van der Waals surface area contributed by atoms with Gasteiger partial charge in [-0.3, -0.25) is 0 Å². The molecular weight excluding hydrogens is 482 g/mol. The van der Waals surface area contributed by atoms with E-state index in [2.05, 4.69) is 38.1 Å². The Balaban J connectivity index is 1.24. The quantitative estimate of drug-likeness (QED) is 0.242. The van der Waals surface area contributed by atoms with E-state index in [1.807, 2.05) is 0 Å². The third-order valence-electron chi connectivity index (χ3n) is 8.43. The van der Waals surface area contributed by atoms with E-state index in [1.54, 1.807) is 0 Å². The van der Waals surface area contributed by atoms with E-state index < -0.39 is 17.9 Å². The first-order valence-electron chi connectivity index (χ1n) is 15.0. The van der Waals surface area contributed by atoms with Gasteiger partial charge in [0.05, 0.1) is 19.8 Å². The van der Waals surface area contributed by atoms with Crippen LogP contribution < -0.4 is 4.74 Å². The summed E-state index contributed by atoms with van der Waals surface area (Å²) in [5, 5.41) is 0. The van der Waals surface area contributed by atoms with Crippen LogP contribution in [-0.4, -0.2) is 19.8 Å². The minimum absolute atomic E-state index is 0.0587. The lowest BCUT2D eigenvalue weighted by atomic mass is 9.77. The van der Waals surface area contributed by atoms with Gasteiger partial charge in [-0.05, 0) is 67.2 Å². The second-order valence-corrected chi connectivity index (χ2v) is 11.3. The van der Waals surface area contributed by atoms with Crippen LogP contribution >= 0.6 is 0 Å². The maximum Gasteiger partial charge on any atom is 0.201 e. The van der Waals surface area contributed by atoms with Crippen LogP contribution in [0.15, 0.2) is 36.4 Å². The Morgan fingerprint density at radius 1 is 0.711 bits per heavy atom. The molecule has 0 amide bonds.